The van der Waals surface area contributed by atoms with E-state index in [4.69, 9.17) is 5.26 Å². The van der Waals surface area contributed by atoms with E-state index in [2.05, 4.69) is 16.5 Å². The molecule has 0 aromatic carbocycles. The molecule has 0 aliphatic carbocycles. The Bertz CT molecular complexity index is 522. The van der Waals surface area contributed by atoms with Gasteiger partial charge in [0.25, 0.3) is 0 Å². The number of rotatable bonds is 4. The molecule has 1 fully saturated rings. The van der Waals surface area contributed by atoms with Crippen LogP contribution >= 0.6 is 0 Å². The Balaban J connectivity index is 1.87. The van der Waals surface area contributed by atoms with Crippen LogP contribution in [0.1, 0.15) is 36.9 Å². The summed E-state index contributed by atoms with van der Waals surface area (Å²) in [5.74, 6) is 0.881. The summed E-state index contributed by atoms with van der Waals surface area (Å²) in [4.78, 5) is 14.0. The van der Waals surface area contributed by atoms with Crippen LogP contribution in [0, 0.1) is 18.3 Å². The standard InChI is InChI=1S/C14H21N5O/c1-11-12(10-15)14(18(2)17-11)16-7-6-13(20)19-8-4-3-5-9-19/h16H,3-9H2,1-2H3. The summed E-state index contributed by atoms with van der Waals surface area (Å²) >= 11 is 0. The molecular formula is C14H21N5O. The molecule has 2 heterocycles. The summed E-state index contributed by atoms with van der Waals surface area (Å²) in [6.45, 7) is 4.10. The smallest absolute Gasteiger partial charge is 0.224 e. The van der Waals surface area contributed by atoms with Crippen molar-refractivity contribution in [1.82, 2.24) is 14.7 Å². The Morgan fingerprint density at radius 2 is 2.10 bits per heavy atom. The van der Waals surface area contributed by atoms with Crippen LogP contribution in [-0.2, 0) is 11.8 Å². The highest BCUT2D eigenvalue weighted by atomic mass is 16.2. The van der Waals surface area contributed by atoms with Crippen LogP contribution in [-0.4, -0.2) is 40.2 Å². The lowest BCUT2D eigenvalue weighted by atomic mass is 10.1. The third-order valence-corrected chi connectivity index (χ3v) is 3.67. The van der Waals surface area contributed by atoms with E-state index in [-0.39, 0.29) is 5.91 Å². The van der Waals surface area contributed by atoms with E-state index in [1.54, 1.807) is 11.7 Å². The summed E-state index contributed by atoms with van der Waals surface area (Å²) in [7, 11) is 1.79. The number of nitrogens with one attached hydrogen (secondary N) is 1. The average molecular weight is 275 g/mol. The minimum absolute atomic E-state index is 0.189. The average Bonchev–Trinajstić information content (AvgIpc) is 2.73. The molecule has 108 valence electrons. The molecule has 0 atom stereocenters. The van der Waals surface area contributed by atoms with Gasteiger partial charge in [-0.25, -0.2) is 0 Å². The first-order chi connectivity index (χ1) is 9.63. The Morgan fingerprint density at radius 3 is 2.75 bits per heavy atom. The van der Waals surface area contributed by atoms with Crippen molar-refractivity contribution < 1.29 is 4.79 Å². The molecule has 1 aromatic rings. The van der Waals surface area contributed by atoms with Crippen molar-refractivity contribution in [3.8, 4) is 6.07 Å². The first-order valence-electron chi connectivity index (χ1n) is 7.09. The van der Waals surface area contributed by atoms with Gasteiger partial charge in [0, 0.05) is 33.1 Å². The number of carbonyl (C=O) groups excluding carboxylic acids is 1. The highest BCUT2D eigenvalue weighted by Gasteiger charge is 2.17. The lowest BCUT2D eigenvalue weighted by Gasteiger charge is -2.26. The van der Waals surface area contributed by atoms with Crippen molar-refractivity contribution in [2.75, 3.05) is 25.0 Å². The quantitative estimate of drug-likeness (QED) is 0.901. The van der Waals surface area contributed by atoms with E-state index >= 15 is 0 Å². The number of aryl methyl sites for hydroxylation is 2. The van der Waals surface area contributed by atoms with Crippen molar-refractivity contribution >= 4 is 11.7 Å². The molecule has 1 aliphatic rings. The van der Waals surface area contributed by atoms with Crippen molar-refractivity contribution in [2.24, 2.45) is 7.05 Å². The third-order valence-electron chi connectivity index (χ3n) is 3.67. The second-order valence-electron chi connectivity index (χ2n) is 5.16. The Hall–Kier alpha value is -2.03. The largest absolute Gasteiger partial charge is 0.369 e. The van der Waals surface area contributed by atoms with Gasteiger partial charge in [0.15, 0.2) is 0 Å². The van der Waals surface area contributed by atoms with Gasteiger partial charge in [-0.2, -0.15) is 10.4 Å². The molecule has 0 unspecified atom stereocenters. The minimum Gasteiger partial charge on any atom is -0.369 e. The van der Waals surface area contributed by atoms with Crippen molar-refractivity contribution in [1.29, 1.82) is 5.26 Å². The molecule has 0 saturated carbocycles. The maximum Gasteiger partial charge on any atom is 0.224 e. The summed E-state index contributed by atoms with van der Waals surface area (Å²) in [6.07, 6.45) is 3.90. The fourth-order valence-electron chi connectivity index (χ4n) is 2.58. The van der Waals surface area contributed by atoms with Crippen LogP contribution in [0.3, 0.4) is 0 Å². The first kappa shape index (κ1) is 14.4. The van der Waals surface area contributed by atoms with Crippen LogP contribution in [0.25, 0.3) is 0 Å². The molecule has 2 rings (SSSR count). The van der Waals surface area contributed by atoms with Crippen molar-refractivity contribution in [2.45, 2.75) is 32.6 Å². The molecule has 0 radical (unpaired) electrons. The predicted octanol–water partition coefficient (Wildman–Crippen LogP) is 1.41. The number of likely N-dealkylation sites (tertiary alicyclic amines) is 1. The fourth-order valence-corrected chi connectivity index (χ4v) is 2.58. The van der Waals surface area contributed by atoms with Gasteiger partial charge in [-0.05, 0) is 26.2 Å². The molecule has 0 bridgehead atoms. The predicted molar refractivity (Wildman–Crippen MR) is 76.2 cm³/mol. The number of aromatic nitrogens is 2. The number of piperidine rings is 1. The van der Waals surface area contributed by atoms with Crippen LogP contribution in [0.4, 0.5) is 5.82 Å². The molecule has 6 nitrogen and oxygen atoms in total. The monoisotopic (exact) mass is 275 g/mol. The second-order valence-corrected chi connectivity index (χ2v) is 5.16. The zero-order chi connectivity index (χ0) is 14.5. The van der Waals surface area contributed by atoms with Crippen LogP contribution in [0.5, 0.6) is 0 Å². The van der Waals surface area contributed by atoms with Gasteiger partial charge in [-0.15, -0.1) is 0 Å². The van der Waals surface area contributed by atoms with Crippen LogP contribution < -0.4 is 5.32 Å². The Morgan fingerprint density at radius 1 is 1.40 bits per heavy atom. The van der Waals surface area contributed by atoms with Gasteiger partial charge in [0.05, 0.1) is 5.69 Å². The molecule has 6 heteroatoms. The van der Waals surface area contributed by atoms with Gasteiger partial charge in [-0.3, -0.25) is 9.48 Å². The molecule has 1 aromatic heterocycles. The van der Waals surface area contributed by atoms with E-state index in [1.165, 1.54) is 6.42 Å². The molecule has 0 spiro atoms. The number of nitrogens with zero attached hydrogens (tertiary/aromatic N) is 4. The highest BCUT2D eigenvalue weighted by molar-refractivity contribution is 5.76. The Labute approximate surface area is 119 Å². The molecule has 1 aliphatic heterocycles. The lowest BCUT2D eigenvalue weighted by Crippen LogP contribution is -2.36. The number of hydrogen-bond donors (Lipinski definition) is 1. The van der Waals surface area contributed by atoms with E-state index < -0.39 is 0 Å². The minimum atomic E-state index is 0.189. The second kappa shape index (κ2) is 6.42. The summed E-state index contributed by atoms with van der Waals surface area (Å²) in [5.41, 5.74) is 1.26. The van der Waals surface area contributed by atoms with E-state index in [0.29, 0.717) is 30.0 Å². The molecular weight excluding hydrogens is 254 g/mol. The maximum atomic E-state index is 12.0. The van der Waals surface area contributed by atoms with Crippen LogP contribution in [0.15, 0.2) is 0 Å². The maximum absolute atomic E-state index is 12.0. The highest BCUT2D eigenvalue weighted by Crippen LogP contribution is 2.17. The van der Waals surface area contributed by atoms with E-state index in [9.17, 15) is 4.79 Å². The summed E-state index contributed by atoms with van der Waals surface area (Å²) in [5, 5.41) is 16.5. The lowest BCUT2D eigenvalue weighted by molar-refractivity contribution is -0.131. The first-order valence-corrected chi connectivity index (χ1v) is 7.09. The van der Waals surface area contributed by atoms with Gasteiger partial charge in [-0.1, -0.05) is 0 Å². The number of nitriles is 1. The van der Waals surface area contributed by atoms with Crippen LogP contribution in [0.2, 0.25) is 0 Å². The molecule has 1 saturated heterocycles. The van der Waals surface area contributed by atoms with E-state index in [0.717, 1.165) is 25.9 Å². The van der Waals surface area contributed by atoms with Gasteiger partial charge < -0.3 is 10.2 Å². The SMILES string of the molecule is Cc1nn(C)c(NCCC(=O)N2CCCCC2)c1C#N. The van der Waals surface area contributed by atoms with Gasteiger partial charge in [0.2, 0.25) is 5.91 Å². The van der Waals surface area contributed by atoms with Gasteiger partial charge in [0.1, 0.15) is 17.5 Å². The Kier molecular flexibility index (Phi) is 4.61. The zero-order valence-electron chi connectivity index (χ0n) is 12.1. The molecule has 1 amide bonds. The van der Waals surface area contributed by atoms with Crippen molar-refractivity contribution in [3.63, 3.8) is 0 Å². The fraction of sp³-hybridized carbons (Fsp3) is 0.643. The number of amides is 1. The van der Waals surface area contributed by atoms with Crippen molar-refractivity contribution in [3.05, 3.63) is 11.3 Å². The normalized spacial score (nSPS) is 14.9. The number of anilines is 1. The van der Waals surface area contributed by atoms with Gasteiger partial charge >= 0.3 is 0 Å². The molecule has 20 heavy (non-hydrogen) atoms. The summed E-state index contributed by atoms with van der Waals surface area (Å²) in [6, 6.07) is 2.15. The summed E-state index contributed by atoms with van der Waals surface area (Å²) < 4.78 is 1.65. The van der Waals surface area contributed by atoms with E-state index in [1.807, 2.05) is 11.8 Å². The number of hydrogen-bond acceptors (Lipinski definition) is 4. The topological polar surface area (TPSA) is 74.0 Å². The molecule has 1 N–H and O–H groups in total. The zero-order valence-corrected chi connectivity index (χ0v) is 12.1. The third kappa shape index (κ3) is 3.10. The number of carbonyl (C=O) groups is 1.